The normalized spacial score (nSPS) is 11.2. The predicted molar refractivity (Wildman–Crippen MR) is 95.8 cm³/mol. The third-order valence-electron chi connectivity index (χ3n) is 3.45. The zero-order valence-electron chi connectivity index (χ0n) is 14.6. The zero-order chi connectivity index (χ0) is 18.3. The van der Waals surface area contributed by atoms with Crippen LogP contribution < -0.4 is 18.9 Å². The maximum atomic E-state index is 12.5. The van der Waals surface area contributed by atoms with Gasteiger partial charge in [0.05, 0.1) is 25.2 Å². The number of sulfonamides is 1. The average Bonchev–Trinajstić information content (AvgIpc) is 2.62. The second kappa shape index (κ2) is 8.73. The van der Waals surface area contributed by atoms with E-state index in [0.717, 1.165) is 11.3 Å². The SMILES string of the molecule is CCOc1ccc(S(=O)(=O)NCc2ccc(OC)cc2)cc1OCC. The van der Waals surface area contributed by atoms with Gasteiger partial charge in [0.2, 0.25) is 10.0 Å². The fourth-order valence-electron chi connectivity index (χ4n) is 2.20. The number of ether oxygens (including phenoxy) is 3. The lowest BCUT2D eigenvalue weighted by Crippen LogP contribution is -2.23. The van der Waals surface area contributed by atoms with Crippen molar-refractivity contribution >= 4 is 10.0 Å². The van der Waals surface area contributed by atoms with Gasteiger partial charge in [0, 0.05) is 12.6 Å². The van der Waals surface area contributed by atoms with Crippen LogP contribution in [0.3, 0.4) is 0 Å². The van der Waals surface area contributed by atoms with E-state index in [9.17, 15) is 8.42 Å². The van der Waals surface area contributed by atoms with Crippen molar-refractivity contribution in [2.75, 3.05) is 20.3 Å². The first kappa shape index (κ1) is 19.1. The first-order valence-electron chi connectivity index (χ1n) is 8.02. The smallest absolute Gasteiger partial charge is 0.241 e. The lowest BCUT2D eigenvalue weighted by atomic mass is 10.2. The maximum absolute atomic E-state index is 12.5. The average molecular weight is 365 g/mol. The van der Waals surface area contributed by atoms with Gasteiger partial charge in [-0.25, -0.2) is 13.1 Å². The molecular formula is C18H23NO5S. The monoisotopic (exact) mass is 365 g/mol. The standard InChI is InChI=1S/C18H23NO5S/c1-4-23-17-11-10-16(12-18(17)24-5-2)25(20,21)19-13-14-6-8-15(22-3)9-7-14/h6-12,19H,4-5,13H2,1-3H3. The van der Waals surface area contributed by atoms with Gasteiger partial charge in [-0.2, -0.15) is 0 Å². The Hall–Kier alpha value is -2.25. The molecule has 2 aromatic rings. The number of methoxy groups -OCH3 is 1. The molecule has 2 rings (SSSR count). The van der Waals surface area contributed by atoms with Gasteiger partial charge in [-0.1, -0.05) is 12.1 Å². The van der Waals surface area contributed by atoms with Crippen LogP contribution in [-0.4, -0.2) is 28.7 Å². The molecule has 1 N–H and O–H groups in total. The first-order valence-corrected chi connectivity index (χ1v) is 9.50. The van der Waals surface area contributed by atoms with Gasteiger partial charge < -0.3 is 14.2 Å². The van der Waals surface area contributed by atoms with Crippen LogP contribution in [0.1, 0.15) is 19.4 Å². The van der Waals surface area contributed by atoms with E-state index in [1.165, 1.54) is 12.1 Å². The molecule has 0 bridgehead atoms. The van der Waals surface area contributed by atoms with E-state index >= 15 is 0 Å². The van der Waals surface area contributed by atoms with Crippen molar-refractivity contribution in [3.05, 3.63) is 48.0 Å². The molecule has 136 valence electrons. The van der Waals surface area contributed by atoms with E-state index in [1.54, 1.807) is 25.3 Å². The minimum atomic E-state index is -3.66. The highest BCUT2D eigenvalue weighted by atomic mass is 32.2. The molecule has 0 saturated carbocycles. The number of hydrogen-bond donors (Lipinski definition) is 1. The molecule has 6 nitrogen and oxygen atoms in total. The van der Waals surface area contributed by atoms with E-state index in [2.05, 4.69) is 4.72 Å². The van der Waals surface area contributed by atoms with E-state index in [1.807, 2.05) is 26.0 Å². The topological polar surface area (TPSA) is 73.9 Å². The maximum Gasteiger partial charge on any atom is 0.241 e. The highest BCUT2D eigenvalue weighted by Crippen LogP contribution is 2.30. The van der Waals surface area contributed by atoms with Gasteiger partial charge >= 0.3 is 0 Å². The van der Waals surface area contributed by atoms with Gasteiger partial charge in [0.15, 0.2) is 11.5 Å². The lowest BCUT2D eigenvalue weighted by molar-refractivity contribution is 0.287. The molecule has 0 heterocycles. The van der Waals surface area contributed by atoms with Gasteiger partial charge in [0.25, 0.3) is 0 Å². The molecule has 25 heavy (non-hydrogen) atoms. The van der Waals surface area contributed by atoms with Crippen LogP contribution in [0.25, 0.3) is 0 Å². The van der Waals surface area contributed by atoms with Crippen molar-refractivity contribution in [2.45, 2.75) is 25.3 Å². The van der Waals surface area contributed by atoms with Crippen LogP contribution in [0.2, 0.25) is 0 Å². The summed E-state index contributed by atoms with van der Waals surface area (Å²) < 4.78 is 43.7. The molecule has 0 fully saturated rings. The Morgan fingerprint density at radius 1 is 0.920 bits per heavy atom. The van der Waals surface area contributed by atoms with Gasteiger partial charge in [-0.05, 0) is 43.7 Å². The summed E-state index contributed by atoms with van der Waals surface area (Å²) in [5, 5.41) is 0. The number of rotatable bonds is 9. The van der Waals surface area contributed by atoms with Crippen LogP contribution in [0.15, 0.2) is 47.4 Å². The lowest BCUT2D eigenvalue weighted by Gasteiger charge is -2.13. The van der Waals surface area contributed by atoms with Gasteiger partial charge in [-0.15, -0.1) is 0 Å². The Labute approximate surface area is 148 Å². The molecule has 0 amide bonds. The second-order valence-electron chi connectivity index (χ2n) is 5.15. The molecule has 2 aromatic carbocycles. The Balaban J connectivity index is 2.15. The Kier molecular flexibility index (Phi) is 6.66. The zero-order valence-corrected chi connectivity index (χ0v) is 15.4. The first-order chi connectivity index (χ1) is 12.0. The van der Waals surface area contributed by atoms with E-state index < -0.39 is 10.0 Å². The predicted octanol–water partition coefficient (Wildman–Crippen LogP) is 2.97. The molecule has 0 radical (unpaired) electrons. The Morgan fingerprint density at radius 2 is 1.56 bits per heavy atom. The molecule has 0 unspecified atom stereocenters. The molecule has 7 heteroatoms. The van der Waals surface area contributed by atoms with Crippen LogP contribution in [0, 0.1) is 0 Å². The van der Waals surface area contributed by atoms with Crippen LogP contribution in [0.5, 0.6) is 17.2 Å². The molecule has 0 aliphatic rings. The van der Waals surface area contributed by atoms with Gasteiger partial charge in [-0.3, -0.25) is 0 Å². The molecule has 0 spiro atoms. The van der Waals surface area contributed by atoms with Crippen LogP contribution >= 0.6 is 0 Å². The fraction of sp³-hybridized carbons (Fsp3) is 0.333. The van der Waals surface area contributed by atoms with Crippen molar-refractivity contribution in [3.63, 3.8) is 0 Å². The van der Waals surface area contributed by atoms with E-state index in [-0.39, 0.29) is 11.4 Å². The molecule has 0 atom stereocenters. The Bertz CT molecular complexity index is 788. The van der Waals surface area contributed by atoms with Crippen molar-refractivity contribution in [2.24, 2.45) is 0 Å². The van der Waals surface area contributed by atoms with Crippen molar-refractivity contribution < 1.29 is 22.6 Å². The number of nitrogens with one attached hydrogen (secondary N) is 1. The molecule has 0 saturated heterocycles. The summed E-state index contributed by atoms with van der Waals surface area (Å²) in [5.41, 5.74) is 0.834. The number of hydrogen-bond acceptors (Lipinski definition) is 5. The summed E-state index contributed by atoms with van der Waals surface area (Å²) in [5.74, 6) is 1.66. The van der Waals surface area contributed by atoms with Crippen molar-refractivity contribution in [1.82, 2.24) is 4.72 Å². The molecule has 0 aliphatic heterocycles. The van der Waals surface area contributed by atoms with Crippen LogP contribution in [0.4, 0.5) is 0 Å². The van der Waals surface area contributed by atoms with Crippen molar-refractivity contribution in [1.29, 1.82) is 0 Å². The Morgan fingerprint density at radius 3 is 2.16 bits per heavy atom. The summed E-state index contributed by atoms with van der Waals surface area (Å²) in [6, 6.07) is 11.8. The summed E-state index contributed by atoms with van der Waals surface area (Å²) in [6.07, 6.45) is 0. The second-order valence-corrected chi connectivity index (χ2v) is 6.91. The van der Waals surface area contributed by atoms with E-state index in [4.69, 9.17) is 14.2 Å². The fourth-order valence-corrected chi connectivity index (χ4v) is 3.24. The highest BCUT2D eigenvalue weighted by Gasteiger charge is 2.17. The van der Waals surface area contributed by atoms with Gasteiger partial charge in [0.1, 0.15) is 5.75 Å². The minimum Gasteiger partial charge on any atom is -0.497 e. The third kappa shape index (κ3) is 5.11. The summed E-state index contributed by atoms with van der Waals surface area (Å²) in [4.78, 5) is 0.132. The largest absolute Gasteiger partial charge is 0.497 e. The highest BCUT2D eigenvalue weighted by molar-refractivity contribution is 7.89. The summed E-state index contributed by atoms with van der Waals surface area (Å²) >= 11 is 0. The summed E-state index contributed by atoms with van der Waals surface area (Å²) in [7, 11) is -2.08. The molecule has 0 aliphatic carbocycles. The number of benzene rings is 2. The van der Waals surface area contributed by atoms with Crippen molar-refractivity contribution in [3.8, 4) is 17.2 Å². The van der Waals surface area contributed by atoms with E-state index in [0.29, 0.717) is 24.7 Å². The minimum absolute atomic E-state index is 0.132. The van der Waals surface area contributed by atoms with Crippen LogP contribution in [-0.2, 0) is 16.6 Å². The molecule has 0 aromatic heterocycles. The molecular weight excluding hydrogens is 342 g/mol. The quantitative estimate of drug-likeness (QED) is 0.739. The third-order valence-corrected chi connectivity index (χ3v) is 4.85. The summed E-state index contributed by atoms with van der Waals surface area (Å²) in [6.45, 7) is 4.77.